The molecule has 0 fully saturated rings. The zero-order chi connectivity index (χ0) is 21.2. The fourth-order valence-corrected chi connectivity index (χ4v) is 3.33. The maximum Gasteiger partial charge on any atom is 0.223 e. The topological polar surface area (TPSA) is 71.8 Å². The van der Waals surface area contributed by atoms with Crippen molar-refractivity contribution >= 4 is 29.1 Å². The molecule has 0 spiro atoms. The molecule has 1 N–H and O–H groups in total. The number of nitrogens with one attached hydrogen (secondary N) is 1. The van der Waals surface area contributed by atoms with Crippen molar-refractivity contribution in [3.05, 3.63) is 23.8 Å². The van der Waals surface area contributed by atoms with Crippen LogP contribution in [0.2, 0.25) is 0 Å². The van der Waals surface area contributed by atoms with E-state index in [1.807, 2.05) is 13.1 Å². The highest BCUT2D eigenvalue weighted by atomic mass is 16.6. The number of anilines is 1. The predicted molar refractivity (Wildman–Crippen MR) is 119 cm³/mol. The van der Waals surface area contributed by atoms with E-state index in [2.05, 4.69) is 63.9 Å². The van der Waals surface area contributed by atoms with E-state index in [4.69, 9.17) is 4.84 Å². The fraction of sp³-hybridized carbons (Fsp3) is 0.591. The van der Waals surface area contributed by atoms with Crippen LogP contribution in [-0.4, -0.2) is 46.3 Å². The van der Waals surface area contributed by atoms with Gasteiger partial charge in [-0.15, -0.1) is 0 Å². The average molecular weight is 402 g/mol. The van der Waals surface area contributed by atoms with Crippen molar-refractivity contribution in [3.8, 4) is 0 Å². The summed E-state index contributed by atoms with van der Waals surface area (Å²) < 4.78 is 2.11. The molecule has 1 unspecified atom stereocenters. The van der Waals surface area contributed by atoms with E-state index < -0.39 is 0 Å². The second-order valence-electron chi connectivity index (χ2n) is 7.28. The van der Waals surface area contributed by atoms with E-state index in [1.54, 1.807) is 0 Å². The summed E-state index contributed by atoms with van der Waals surface area (Å²) in [6.07, 6.45) is 4.90. The third-order valence-electron chi connectivity index (χ3n) is 5.11. The van der Waals surface area contributed by atoms with Crippen LogP contribution in [0, 0.1) is 0 Å². The molecule has 7 heteroatoms. The Hall–Kier alpha value is -2.41. The largest absolute Gasteiger partial charge is 0.396 e. The first kappa shape index (κ1) is 22.9. The minimum absolute atomic E-state index is 0.108. The van der Waals surface area contributed by atoms with E-state index in [1.165, 1.54) is 12.5 Å². The molecule has 0 aliphatic heterocycles. The first-order chi connectivity index (χ1) is 14.0. The van der Waals surface area contributed by atoms with Crippen LogP contribution in [0.3, 0.4) is 0 Å². The summed E-state index contributed by atoms with van der Waals surface area (Å²) in [5, 5.41) is 6.79. The number of nitrogens with zero attached hydrogens (tertiary/aromatic N) is 4. The number of fused-ring (bicyclic) bond motifs is 1. The summed E-state index contributed by atoms with van der Waals surface area (Å²) in [4.78, 5) is 23.6. The monoisotopic (exact) mass is 401 g/mol. The lowest BCUT2D eigenvalue weighted by Gasteiger charge is -2.21. The van der Waals surface area contributed by atoms with Crippen molar-refractivity contribution in [2.75, 3.05) is 25.0 Å². The Morgan fingerprint density at radius 1 is 1.34 bits per heavy atom. The van der Waals surface area contributed by atoms with E-state index in [0.717, 1.165) is 43.4 Å². The number of carbonyl (C=O) groups excluding carboxylic acids is 1. The molecule has 0 saturated heterocycles. The fourth-order valence-electron chi connectivity index (χ4n) is 3.33. The summed E-state index contributed by atoms with van der Waals surface area (Å²) in [6.45, 7) is 13.2. The van der Waals surface area contributed by atoms with Gasteiger partial charge in [0.1, 0.15) is 6.61 Å². The summed E-state index contributed by atoms with van der Waals surface area (Å²) in [5.74, 6) is 0.931. The second kappa shape index (κ2) is 11.6. The average Bonchev–Trinajstić information content (AvgIpc) is 3.03. The van der Waals surface area contributed by atoms with Gasteiger partial charge in [-0.25, -0.2) is 4.98 Å². The Bertz CT molecular complexity index is 811. The number of hydrogen-bond donors (Lipinski definition) is 1. The molecule has 0 aliphatic rings. The standard InChI is InChI=1S/C22H35N5O2/c1-6-26(7-2)16-27-21-15-19(17(4)11-9-10-14-23-29-8-3)12-13-20(21)25-22(27)24-18(5)28/h12-15,17H,6-11,16H2,1-5H3,(H,24,25,28). The molecule has 1 atom stereocenters. The molecule has 0 bridgehead atoms. The summed E-state index contributed by atoms with van der Waals surface area (Å²) in [7, 11) is 0. The third kappa shape index (κ3) is 6.56. The van der Waals surface area contributed by atoms with Crippen molar-refractivity contribution in [1.82, 2.24) is 14.5 Å². The molecule has 1 aromatic carbocycles. The Labute approximate surface area is 174 Å². The Kier molecular flexibility index (Phi) is 9.12. The first-order valence-electron chi connectivity index (χ1n) is 10.6. The van der Waals surface area contributed by atoms with Gasteiger partial charge < -0.3 is 4.84 Å². The highest BCUT2D eigenvalue weighted by molar-refractivity contribution is 5.90. The number of oxime groups is 1. The minimum atomic E-state index is -0.108. The maximum atomic E-state index is 11.7. The van der Waals surface area contributed by atoms with Crippen LogP contribution in [0.1, 0.15) is 65.4 Å². The lowest BCUT2D eigenvalue weighted by Crippen LogP contribution is -2.27. The van der Waals surface area contributed by atoms with Gasteiger partial charge >= 0.3 is 0 Å². The Morgan fingerprint density at radius 2 is 2.10 bits per heavy atom. The minimum Gasteiger partial charge on any atom is -0.396 e. The number of rotatable bonds is 12. The van der Waals surface area contributed by atoms with E-state index >= 15 is 0 Å². The van der Waals surface area contributed by atoms with Gasteiger partial charge in [-0.1, -0.05) is 32.0 Å². The lowest BCUT2D eigenvalue weighted by molar-refractivity contribution is -0.114. The SMILES string of the molecule is CCON=CCCCC(C)c1ccc2nc(NC(C)=O)n(CN(CC)CC)c2c1. The number of benzene rings is 1. The number of imidazole rings is 1. The lowest BCUT2D eigenvalue weighted by atomic mass is 9.95. The molecule has 0 aliphatic carbocycles. The van der Waals surface area contributed by atoms with Crippen molar-refractivity contribution in [3.63, 3.8) is 0 Å². The number of hydrogen-bond acceptors (Lipinski definition) is 5. The van der Waals surface area contributed by atoms with Crippen molar-refractivity contribution in [2.24, 2.45) is 5.16 Å². The van der Waals surface area contributed by atoms with Crippen LogP contribution in [-0.2, 0) is 16.3 Å². The Morgan fingerprint density at radius 3 is 2.76 bits per heavy atom. The molecular weight excluding hydrogens is 366 g/mol. The van der Waals surface area contributed by atoms with E-state index in [9.17, 15) is 4.79 Å². The number of carbonyl (C=O) groups is 1. The molecule has 160 valence electrons. The van der Waals surface area contributed by atoms with Crippen molar-refractivity contribution < 1.29 is 9.63 Å². The third-order valence-corrected chi connectivity index (χ3v) is 5.11. The highest BCUT2D eigenvalue weighted by Gasteiger charge is 2.16. The van der Waals surface area contributed by atoms with Crippen LogP contribution in [0.25, 0.3) is 11.0 Å². The molecule has 0 radical (unpaired) electrons. The van der Waals surface area contributed by atoms with Crippen molar-refractivity contribution in [2.45, 2.75) is 66.5 Å². The van der Waals surface area contributed by atoms with Gasteiger partial charge in [0.05, 0.1) is 17.7 Å². The smallest absolute Gasteiger partial charge is 0.223 e. The molecule has 0 saturated carbocycles. The molecule has 1 amide bonds. The Balaban J connectivity index is 2.22. The summed E-state index contributed by atoms with van der Waals surface area (Å²) in [5.41, 5.74) is 3.25. The molecule has 1 aromatic heterocycles. The van der Waals surface area contributed by atoms with Crippen molar-refractivity contribution in [1.29, 1.82) is 0 Å². The van der Waals surface area contributed by atoms with Crippen LogP contribution < -0.4 is 5.32 Å². The van der Waals surface area contributed by atoms with Gasteiger partial charge in [0.15, 0.2) is 0 Å². The van der Waals surface area contributed by atoms with E-state index in [-0.39, 0.29) is 5.91 Å². The maximum absolute atomic E-state index is 11.7. The van der Waals surface area contributed by atoms with Crippen LogP contribution >= 0.6 is 0 Å². The second-order valence-corrected chi connectivity index (χ2v) is 7.28. The first-order valence-corrected chi connectivity index (χ1v) is 10.6. The van der Waals surface area contributed by atoms with E-state index in [0.29, 0.717) is 25.1 Å². The van der Waals surface area contributed by atoms with Crippen LogP contribution in [0.5, 0.6) is 0 Å². The van der Waals surface area contributed by atoms with Gasteiger partial charge in [-0.2, -0.15) is 0 Å². The zero-order valence-electron chi connectivity index (χ0n) is 18.4. The molecule has 29 heavy (non-hydrogen) atoms. The molecule has 2 rings (SSSR count). The zero-order valence-corrected chi connectivity index (χ0v) is 18.4. The number of unbranched alkanes of at least 4 members (excludes halogenated alkanes) is 1. The van der Waals surface area contributed by atoms with Gasteiger partial charge in [0.25, 0.3) is 0 Å². The highest BCUT2D eigenvalue weighted by Crippen LogP contribution is 2.27. The normalized spacial score (nSPS) is 12.8. The van der Waals surface area contributed by atoms with Gasteiger partial charge in [-0.3, -0.25) is 19.6 Å². The molecule has 1 heterocycles. The number of aromatic nitrogens is 2. The van der Waals surface area contributed by atoms with Gasteiger partial charge in [-0.05, 0) is 62.9 Å². The number of amides is 1. The summed E-state index contributed by atoms with van der Waals surface area (Å²) in [6, 6.07) is 6.42. The molecular formula is C22H35N5O2. The quantitative estimate of drug-likeness (QED) is 0.321. The predicted octanol–water partition coefficient (Wildman–Crippen LogP) is 4.59. The van der Waals surface area contributed by atoms with Gasteiger partial charge in [0.2, 0.25) is 11.9 Å². The van der Waals surface area contributed by atoms with Gasteiger partial charge in [0, 0.05) is 13.1 Å². The molecule has 7 nitrogen and oxygen atoms in total. The van der Waals surface area contributed by atoms with Crippen LogP contribution in [0.15, 0.2) is 23.4 Å². The molecule has 2 aromatic rings. The summed E-state index contributed by atoms with van der Waals surface area (Å²) >= 11 is 0. The van der Waals surface area contributed by atoms with Crippen LogP contribution in [0.4, 0.5) is 5.95 Å².